The lowest BCUT2D eigenvalue weighted by molar-refractivity contribution is -0.132. The Bertz CT molecular complexity index is 1670. The van der Waals surface area contributed by atoms with E-state index in [1.807, 2.05) is 42.2 Å². The molecule has 1 unspecified atom stereocenters. The Morgan fingerprint density at radius 2 is 1.95 bits per heavy atom. The van der Waals surface area contributed by atoms with Gasteiger partial charge in [-0.15, -0.1) is 0 Å². The van der Waals surface area contributed by atoms with Crippen LogP contribution in [0.5, 0.6) is 0 Å². The molecule has 2 aromatic carbocycles. The molecule has 2 aliphatic heterocycles. The molecule has 2 aromatic heterocycles. The number of benzene rings is 2. The van der Waals surface area contributed by atoms with Gasteiger partial charge in [-0.2, -0.15) is 9.49 Å². The summed E-state index contributed by atoms with van der Waals surface area (Å²) in [6.45, 7) is 4.50. The van der Waals surface area contributed by atoms with Crippen LogP contribution < -0.4 is 5.32 Å². The molecule has 0 spiro atoms. The second-order valence-electron chi connectivity index (χ2n) is 11.1. The van der Waals surface area contributed by atoms with Gasteiger partial charge in [-0.3, -0.25) is 19.6 Å². The van der Waals surface area contributed by atoms with E-state index >= 15 is 0 Å². The second-order valence-corrected chi connectivity index (χ2v) is 11.1. The molecule has 6 rings (SSSR count). The summed E-state index contributed by atoms with van der Waals surface area (Å²) in [7, 11) is 0. The molecule has 4 aromatic rings. The van der Waals surface area contributed by atoms with Crippen molar-refractivity contribution in [2.24, 2.45) is 5.41 Å². The molecule has 0 radical (unpaired) electrons. The van der Waals surface area contributed by atoms with Gasteiger partial charge in [-0.25, -0.2) is 9.37 Å². The highest BCUT2D eigenvalue weighted by Gasteiger charge is 2.43. The van der Waals surface area contributed by atoms with Crippen LogP contribution in [0, 0.1) is 17.2 Å². The number of aromatic nitrogens is 3. The van der Waals surface area contributed by atoms with Crippen LogP contribution >= 0.6 is 0 Å². The van der Waals surface area contributed by atoms with E-state index in [4.69, 9.17) is 0 Å². The summed E-state index contributed by atoms with van der Waals surface area (Å²) >= 11 is 0. The maximum absolute atomic E-state index is 13.6. The highest BCUT2D eigenvalue weighted by atomic mass is 19.1. The van der Waals surface area contributed by atoms with Crippen molar-refractivity contribution >= 4 is 34.0 Å². The average Bonchev–Trinajstić information content (AvgIpc) is 3.62. The first kappa shape index (κ1) is 27.7. The number of hydrogen-bond donors (Lipinski definition) is 2. The zero-order valence-corrected chi connectivity index (χ0v) is 23.4. The molecule has 0 bridgehead atoms. The first-order chi connectivity index (χ1) is 20.3. The van der Waals surface area contributed by atoms with Crippen molar-refractivity contribution in [3.05, 3.63) is 84.2 Å². The van der Waals surface area contributed by atoms with Gasteiger partial charge in [0.2, 0.25) is 17.8 Å². The summed E-state index contributed by atoms with van der Waals surface area (Å²) in [6, 6.07) is 15.0. The van der Waals surface area contributed by atoms with E-state index in [0.717, 1.165) is 22.0 Å². The minimum absolute atomic E-state index is 0.0325. The van der Waals surface area contributed by atoms with E-state index in [1.54, 1.807) is 12.1 Å². The number of H-pyrrole nitrogens is 1. The SMILES string of the molecule is CCC1(C(=O)Nc2ccc3[nH]nc(-c4ccc(F)nc4)c3c2)CCN(CC(=O)N2CC=C(c3cccc(F)c3)CC2)C1. The zero-order valence-electron chi connectivity index (χ0n) is 23.4. The van der Waals surface area contributed by atoms with Gasteiger partial charge in [0.25, 0.3) is 0 Å². The smallest absolute Gasteiger partial charge is 0.237 e. The molecule has 1 saturated heterocycles. The summed E-state index contributed by atoms with van der Waals surface area (Å²) in [6.07, 6.45) is 5.41. The molecule has 42 heavy (non-hydrogen) atoms. The Balaban J connectivity index is 1.09. The fraction of sp³-hybridized carbons (Fsp3) is 0.312. The summed E-state index contributed by atoms with van der Waals surface area (Å²) in [5.41, 5.74) is 4.02. The topological polar surface area (TPSA) is 94.2 Å². The van der Waals surface area contributed by atoms with Gasteiger partial charge >= 0.3 is 0 Å². The van der Waals surface area contributed by atoms with Crippen molar-refractivity contribution in [1.29, 1.82) is 0 Å². The maximum atomic E-state index is 13.6. The van der Waals surface area contributed by atoms with Gasteiger partial charge in [0.15, 0.2) is 0 Å². The van der Waals surface area contributed by atoms with Crippen molar-refractivity contribution < 1.29 is 18.4 Å². The van der Waals surface area contributed by atoms with Crippen LogP contribution in [-0.2, 0) is 9.59 Å². The molecule has 8 nitrogen and oxygen atoms in total. The fourth-order valence-electron chi connectivity index (χ4n) is 5.96. The number of nitrogens with one attached hydrogen (secondary N) is 2. The van der Waals surface area contributed by atoms with Gasteiger partial charge in [0.1, 0.15) is 11.5 Å². The van der Waals surface area contributed by atoms with Crippen LogP contribution in [0.1, 0.15) is 31.7 Å². The minimum atomic E-state index is -0.609. The highest BCUT2D eigenvalue weighted by molar-refractivity contribution is 6.00. The molecular weight excluding hydrogens is 538 g/mol. The molecule has 1 atom stereocenters. The van der Waals surface area contributed by atoms with Gasteiger partial charge in [0.05, 0.1) is 17.5 Å². The van der Waals surface area contributed by atoms with E-state index in [2.05, 4.69) is 25.4 Å². The molecule has 216 valence electrons. The summed E-state index contributed by atoms with van der Waals surface area (Å²) in [5, 5.41) is 11.2. The molecule has 1 fully saturated rings. The molecular formula is C32H32F2N6O2. The molecule has 2 amide bonds. The van der Waals surface area contributed by atoms with Gasteiger partial charge in [0, 0.05) is 42.5 Å². The second kappa shape index (κ2) is 11.4. The minimum Gasteiger partial charge on any atom is -0.338 e. The quantitative estimate of drug-likeness (QED) is 0.296. The van der Waals surface area contributed by atoms with E-state index < -0.39 is 11.4 Å². The number of carbonyl (C=O) groups excluding carboxylic acids is 2. The van der Waals surface area contributed by atoms with Crippen molar-refractivity contribution in [2.45, 2.75) is 26.2 Å². The Morgan fingerprint density at radius 3 is 2.69 bits per heavy atom. The number of amides is 2. The number of fused-ring (bicyclic) bond motifs is 1. The third-order valence-corrected chi connectivity index (χ3v) is 8.53. The van der Waals surface area contributed by atoms with Crippen molar-refractivity contribution in [2.75, 3.05) is 38.0 Å². The number of anilines is 1. The predicted molar refractivity (Wildman–Crippen MR) is 157 cm³/mol. The highest BCUT2D eigenvalue weighted by Crippen LogP contribution is 2.36. The maximum Gasteiger partial charge on any atom is 0.237 e. The van der Waals surface area contributed by atoms with Gasteiger partial charge in [-0.05, 0) is 79.4 Å². The third-order valence-electron chi connectivity index (χ3n) is 8.53. The van der Waals surface area contributed by atoms with Crippen LogP contribution in [0.15, 0.2) is 66.9 Å². The number of halogens is 2. The van der Waals surface area contributed by atoms with E-state index in [9.17, 15) is 18.4 Å². The van der Waals surface area contributed by atoms with Crippen LogP contribution in [-0.4, -0.2) is 69.5 Å². The van der Waals surface area contributed by atoms with Crippen LogP contribution in [0.2, 0.25) is 0 Å². The van der Waals surface area contributed by atoms with Crippen molar-refractivity contribution in [3.8, 4) is 11.3 Å². The molecule has 4 heterocycles. The number of likely N-dealkylation sites (tertiary alicyclic amines) is 1. The van der Waals surface area contributed by atoms with Crippen molar-refractivity contribution in [3.63, 3.8) is 0 Å². The third kappa shape index (κ3) is 5.54. The summed E-state index contributed by atoms with van der Waals surface area (Å²) in [4.78, 5) is 34.4. The number of hydrogen-bond acceptors (Lipinski definition) is 5. The van der Waals surface area contributed by atoms with Crippen LogP contribution in [0.25, 0.3) is 27.7 Å². The number of nitrogens with zero attached hydrogens (tertiary/aromatic N) is 4. The monoisotopic (exact) mass is 570 g/mol. The number of rotatable bonds is 7. The lowest BCUT2D eigenvalue weighted by Crippen LogP contribution is -2.43. The predicted octanol–water partition coefficient (Wildman–Crippen LogP) is 5.26. The van der Waals surface area contributed by atoms with Crippen molar-refractivity contribution in [1.82, 2.24) is 25.0 Å². The first-order valence-corrected chi connectivity index (χ1v) is 14.2. The van der Waals surface area contributed by atoms with E-state index in [-0.39, 0.29) is 24.2 Å². The standard InChI is InChI=1S/C32H32F2N6O2/c1-2-32(31(42)36-25-7-8-27-26(17-25)30(38-37-27)23-6-9-28(34)35-18-23)12-15-39(20-32)19-29(41)40-13-10-21(11-14-40)22-4-3-5-24(33)16-22/h3-10,16-18H,2,11-15,19-20H2,1H3,(H,36,42)(H,37,38). The van der Waals surface area contributed by atoms with E-state index in [0.29, 0.717) is 62.4 Å². The molecule has 2 N–H and O–H groups in total. The molecule has 2 aliphatic rings. The lowest BCUT2D eigenvalue weighted by Gasteiger charge is -2.30. The zero-order chi connectivity index (χ0) is 29.3. The number of pyridine rings is 1. The molecule has 0 aliphatic carbocycles. The number of carbonyl (C=O) groups is 2. The van der Waals surface area contributed by atoms with E-state index in [1.165, 1.54) is 24.4 Å². The van der Waals surface area contributed by atoms with Crippen LogP contribution in [0.4, 0.5) is 14.5 Å². The lowest BCUT2D eigenvalue weighted by atomic mass is 9.83. The largest absolute Gasteiger partial charge is 0.338 e. The summed E-state index contributed by atoms with van der Waals surface area (Å²) < 4.78 is 26.9. The Morgan fingerprint density at radius 1 is 1.07 bits per heavy atom. The van der Waals surface area contributed by atoms with Crippen LogP contribution in [0.3, 0.4) is 0 Å². The normalized spacial score (nSPS) is 19.2. The molecule has 10 heteroatoms. The average molecular weight is 571 g/mol. The Labute approximate surface area is 242 Å². The fourth-order valence-corrected chi connectivity index (χ4v) is 5.96. The van der Waals surface area contributed by atoms with Gasteiger partial charge < -0.3 is 10.2 Å². The Hall–Kier alpha value is -4.44. The first-order valence-electron chi connectivity index (χ1n) is 14.2. The summed E-state index contributed by atoms with van der Waals surface area (Å²) in [5.74, 6) is -0.872. The van der Waals surface area contributed by atoms with Gasteiger partial charge in [-0.1, -0.05) is 25.1 Å². The number of aromatic amines is 1. The molecule has 0 saturated carbocycles. The Kier molecular flexibility index (Phi) is 7.55.